The zero-order chi connectivity index (χ0) is 7.82. The van der Waals surface area contributed by atoms with Crippen molar-refractivity contribution in [2.24, 2.45) is 5.73 Å². The Kier molecular flexibility index (Phi) is 4.89. The van der Waals surface area contributed by atoms with Crippen LogP contribution in [0.1, 0.15) is 0 Å². The molecule has 0 aromatic carbocycles. The molecule has 0 unspecified atom stereocenters. The van der Waals surface area contributed by atoms with Crippen molar-refractivity contribution >= 4 is 5.97 Å². The molecule has 10 heavy (non-hydrogen) atoms. The Morgan fingerprint density at radius 3 is 2.50 bits per heavy atom. The average molecular weight is 144 g/mol. The number of aromatic amines is 1. The normalized spacial score (nSPS) is 7.70. The van der Waals surface area contributed by atoms with E-state index in [0.717, 1.165) is 0 Å². The van der Waals surface area contributed by atoms with E-state index >= 15 is 0 Å². The molecule has 0 spiro atoms. The number of hydrogen-bond acceptors (Lipinski definition) is 4. The maximum atomic E-state index is 9.24. The van der Waals surface area contributed by atoms with Crippen molar-refractivity contribution in [3.05, 3.63) is 12.4 Å². The molecule has 0 saturated heterocycles. The average Bonchev–Trinajstić information content (AvgIpc) is 2.43. The van der Waals surface area contributed by atoms with E-state index in [-0.39, 0.29) is 6.54 Å². The van der Waals surface area contributed by atoms with E-state index in [1.165, 1.54) is 0 Å². The molecule has 4 N–H and O–H groups in total. The number of carboxylic acids is 1. The molecule has 0 atom stereocenters. The summed E-state index contributed by atoms with van der Waals surface area (Å²) in [6, 6.07) is 0. The SMILES string of the molecule is NCC(=O)O.c1c[nH]nn1. The molecular formula is C4H8N4O2. The third-order valence-corrected chi connectivity index (χ3v) is 0.506. The highest BCUT2D eigenvalue weighted by Crippen LogP contribution is 1.55. The van der Waals surface area contributed by atoms with Gasteiger partial charge in [0.05, 0.1) is 12.7 Å². The van der Waals surface area contributed by atoms with Crippen LogP contribution in [0.25, 0.3) is 0 Å². The molecule has 0 radical (unpaired) electrons. The van der Waals surface area contributed by atoms with E-state index in [0.29, 0.717) is 0 Å². The Morgan fingerprint density at radius 1 is 1.80 bits per heavy atom. The van der Waals surface area contributed by atoms with E-state index in [9.17, 15) is 4.79 Å². The molecule has 6 heteroatoms. The summed E-state index contributed by atoms with van der Waals surface area (Å²) in [6.07, 6.45) is 3.24. The fourth-order valence-corrected chi connectivity index (χ4v) is 0.167. The van der Waals surface area contributed by atoms with Crippen molar-refractivity contribution in [3.63, 3.8) is 0 Å². The van der Waals surface area contributed by atoms with Gasteiger partial charge in [-0.15, -0.1) is 5.10 Å². The maximum Gasteiger partial charge on any atom is 0.317 e. The van der Waals surface area contributed by atoms with Gasteiger partial charge in [0.1, 0.15) is 0 Å². The van der Waals surface area contributed by atoms with Gasteiger partial charge in [-0.25, -0.2) is 0 Å². The number of nitrogens with one attached hydrogen (secondary N) is 1. The Bertz CT molecular complexity index is 145. The van der Waals surface area contributed by atoms with Crippen LogP contribution >= 0.6 is 0 Å². The summed E-state index contributed by atoms with van der Waals surface area (Å²) in [5.74, 6) is -0.968. The Morgan fingerprint density at radius 2 is 2.40 bits per heavy atom. The van der Waals surface area contributed by atoms with Crippen LogP contribution in [0.15, 0.2) is 12.4 Å². The minimum atomic E-state index is -0.968. The first-order valence-electron chi connectivity index (χ1n) is 2.49. The van der Waals surface area contributed by atoms with Gasteiger partial charge in [0.15, 0.2) is 0 Å². The molecule has 6 nitrogen and oxygen atoms in total. The maximum absolute atomic E-state index is 9.24. The molecule has 0 aliphatic heterocycles. The second-order valence-corrected chi connectivity index (χ2v) is 1.26. The van der Waals surface area contributed by atoms with Crippen molar-refractivity contribution < 1.29 is 9.90 Å². The second kappa shape index (κ2) is 5.70. The zero-order valence-electron chi connectivity index (χ0n) is 5.19. The number of aromatic nitrogens is 3. The van der Waals surface area contributed by atoms with Crippen molar-refractivity contribution in [2.75, 3.05) is 6.54 Å². The van der Waals surface area contributed by atoms with Gasteiger partial charge in [0.25, 0.3) is 0 Å². The second-order valence-electron chi connectivity index (χ2n) is 1.26. The van der Waals surface area contributed by atoms with Gasteiger partial charge >= 0.3 is 5.97 Å². The zero-order valence-corrected chi connectivity index (χ0v) is 5.19. The van der Waals surface area contributed by atoms with E-state index in [1.54, 1.807) is 12.4 Å². The third-order valence-electron chi connectivity index (χ3n) is 0.506. The monoisotopic (exact) mass is 144 g/mol. The number of nitrogens with zero attached hydrogens (tertiary/aromatic N) is 2. The Hall–Kier alpha value is -1.43. The van der Waals surface area contributed by atoms with Crippen molar-refractivity contribution in [1.29, 1.82) is 0 Å². The molecule has 0 bridgehead atoms. The number of carboxylic acid groups (broad SMARTS) is 1. The Labute approximate surface area is 57.0 Å². The van der Waals surface area contributed by atoms with Crippen molar-refractivity contribution in [1.82, 2.24) is 15.4 Å². The standard InChI is InChI=1S/C2H3N3.C2H5NO2/c1-2-4-5-3-1;3-1-2(4)5/h1-2H,(H,3,4,5);1,3H2,(H,4,5). The minimum absolute atomic E-state index is 0.278. The fraction of sp³-hybridized carbons (Fsp3) is 0.250. The lowest BCUT2D eigenvalue weighted by Crippen LogP contribution is -2.10. The minimum Gasteiger partial charge on any atom is -0.480 e. The van der Waals surface area contributed by atoms with Gasteiger partial charge in [0.2, 0.25) is 0 Å². The van der Waals surface area contributed by atoms with Crippen LogP contribution in [0.4, 0.5) is 0 Å². The predicted molar refractivity (Wildman–Crippen MR) is 33.1 cm³/mol. The van der Waals surface area contributed by atoms with Crippen LogP contribution < -0.4 is 5.73 Å². The number of nitrogens with two attached hydrogens (primary N) is 1. The van der Waals surface area contributed by atoms with Crippen LogP contribution in [-0.4, -0.2) is 33.0 Å². The van der Waals surface area contributed by atoms with Crippen LogP contribution in [0, 0.1) is 0 Å². The lowest BCUT2D eigenvalue weighted by Gasteiger charge is -1.73. The molecule has 0 aliphatic carbocycles. The molecule has 0 amide bonds. The van der Waals surface area contributed by atoms with Gasteiger partial charge in [-0.3, -0.25) is 9.89 Å². The Balaban J connectivity index is 0.000000162. The van der Waals surface area contributed by atoms with Crippen LogP contribution in [0.2, 0.25) is 0 Å². The molecule has 1 aromatic heterocycles. The fourth-order valence-electron chi connectivity index (χ4n) is 0.167. The summed E-state index contributed by atoms with van der Waals surface area (Å²) in [5, 5.41) is 16.9. The molecule has 0 aliphatic rings. The molecule has 1 rings (SSSR count). The predicted octanol–water partition coefficient (Wildman–Crippen LogP) is -1.17. The topological polar surface area (TPSA) is 105 Å². The van der Waals surface area contributed by atoms with Gasteiger partial charge in [0, 0.05) is 6.20 Å². The smallest absolute Gasteiger partial charge is 0.317 e. The molecule has 0 saturated carbocycles. The summed E-state index contributed by atoms with van der Waals surface area (Å²) in [7, 11) is 0. The van der Waals surface area contributed by atoms with E-state index in [4.69, 9.17) is 5.11 Å². The molecule has 0 fully saturated rings. The first kappa shape index (κ1) is 8.57. The van der Waals surface area contributed by atoms with Gasteiger partial charge in [-0.05, 0) is 0 Å². The van der Waals surface area contributed by atoms with Gasteiger partial charge in [-0.2, -0.15) is 0 Å². The molecule has 1 heterocycles. The highest BCUT2D eigenvalue weighted by atomic mass is 16.4. The number of hydrogen-bond donors (Lipinski definition) is 3. The van der Waals surface area contributed by atoms with Gasteiger partial charge in [-0.1, -0.05) is 5.21 Å². The van der Waals surface area contributed by atoms with Crippen LogP contribution in [0.3, 0.4) is 0 Å². The first-order valence-corrected chi connectivity index (χ1v) is 2.49. The largest absolute Gasteiger partial charge is 0.480 e. The molecular weight excluding hydrogens is 136 g/mol. The van der Waals surface area contributed by atoms with Crippen LogP contribution in [0.5, 0.6) is 0 Å². The molecule has 56 valence electrons. The van der Waals surface area contributed by atoms with Gasteiger partial charge < -0.3 is 10.8 Å². The van der Waals surface area contributed by atoms with Crippen molar-refractivity contribution in [2.45, 2.75) is 0 Å². The highest BCUT2D eigenvalue weighted by molar-refractivity contribution is 5.68. The summed E-state index contributed by atoms with van der Waals surface area (Å²) < 4.78 is 0. The van der Waals surface area contributed by atoms with Crippen molar-refractivity contribution in [3.8, 4) is 0 Å². The number of aliphatic carboxylic acids is 1. The lowest BCUT2D eigenvalue weighted by atomic mass is 10.7. The summed E-state index contributed by atoms with van der Waals surface area (Å²) in [5.41, 5.74) is 4.57. The molecule has 1 aromatic rings. The first-order chi connectivity index (χ1) is 4.77. The quantitative estimate of drug-likeness (QED) is 0.460. The third kappa shape index (κ3) is 6.57. The van der Waals surface area contributed by atoms with E-state index in [1.807, 2.05) is 0 Å². The number of carbonyl (C=O) groups is 1. The van der Waals surface area contributed by atoms with Crippen LogP contribution in [-0.2, 0) is 4.79 Å². The van der Waals surface area contributed by atoms with E-state index in [2.05, 4.69) is 21.1 Å². The summed E-state index contributed by atoms with van der Waals surface area (Å²) in [6.45, 7) is -0.278. The summed E-state index contributed by atoms with van der Waals surface area (Å²) >= 11 is 0. The number of H-pyrrole nitrogens is 1. The lowest BCUT2D eigenvalue weighted by molar-refractivity contribution is -0.135. The number of rotatable bonds is 1. The highest BCUT2D eigenvalue weighted by Gasteiger charge is 1.81. The van der Waals surface area contributed by atoms with E-state index < -0.39 is 5.97 Å². The summed E-state index contributed by atoms with van der Waals surface area (Å²) in [4.78, 5) is 9.24.